The molecule has 0 saturated heterocycles. The highest BCUT2D eigenvalue weighted by molar-refractivity contribution is 6.09. The molecule has 198 valence electrons. The van der Waals surface area contributed by atoms with Crippen LogP contribution < -0.4 is 0 Å². The van der Waals surface area contributed by atoms with Crippen LogP contribution in [0.15, 0.2) is 134 Å². The molecule has 8 rings (SSSR count). The fourth-order valence-electron chi connectivity index (χ4n) is 6.48. The van der Waals surface area contributed by atoms with Crippen LogP contribution in [-0.2, 0) is 0 Å². The molecule has 0 saturated carbocycles. The van der Waals surface area contributed by atoms with Gasteiger partial charge in [0.05, 0.1) is 16.7 Å². The lowest BCUT2D eigenvalue weighted by Gasteiger charge is -2.14. The zero-order valence-electron chi connectivity index (χ0n) is 23.6. The summed E-state index contributed by atoms with van der Waals surface area (Å²) in [5, 5.41) is 7.38. The van der Waals surface area contributed by atoms with E-state index in [2.05, 4.69) is 135 Å². The molecule has 0 N–H and O–H groups in total. The molecule has 0 amide bonds. The van der Waals surface area contributed by atoms with E-state index in [1.54, 1.807) is 0 Å². The Balaban J connectivity index is 1.23. The minimum atomic E-state index is 0.959. The van der Waals surface area contributed by atoms with Crippen LogP contribution in [0.2, 0.25) is 0 Å². The van der Waals surface area contributed by atoms with Crippen LogP contribution in [0, 0.1) is 13.8 Å². The summed E-state index contributed by atoms with van der Waals surface area (Å²) in [6, 6.07) is 45.8. The minimum absolute atomic E-state index is 0.959. The molecule has 0 fully saturated rings. The van der Waals surface area contributed by atoms with Crippen molar-refractivity contribution in [3.63, 3.8) is 0 Å². The Bertz CT molecular complexity index is 2310. The van der Waals surface area contributed by atoms with Crippen LogP contribution in [0.25, 0.3) is 76.9 Å². The van der Waals surface area contributed by atoms with Gasteiger partial charge in [-0.05, 0) is 80.9 Å². The summed E-state index contributed by atoms with van der Waals surface area (Å²) in [5.74, 6) is 0. The van der Waals surface area contributed by atoms with Crippen molar-refractivity contribution in [1.82, 2.24) is 9.97 Å². The molecule has 0 unspecified atom stereocenters. The zero-order valence-corrected chi connectivity index (χ0v) is 23.6. The largest absolute Gasteiger partial charge is 0.254 e. The molecule has 2 aromatic heterocycles. The Morgan fingerprint density at radius 1 is 0.405 bits per heavy atom. The van der Waals surface area contributed by atoms with Gasteiger partial charge in [-0.15, -0.1) is 0 Å². The van der Waals surface area contributed by atoms with Gasteiger partial charge in [0, 0.05) is 22.5 Å². The van der Waals surface area contributed by atoms with Crippen molar-refractivity contribution < 1.29 is 0 Å². The smallest absolute Gasteiger partial charge is 0.0974 e. The number of rotatable bonds is 3. The Morgan fingerprint density at radius 3 is 1.79 bits per heavy atom. The van der Waals surface area contributed by atoms with Crippen LogP contribution in [0.1, 0.15) is 11.1 Å². The van der Waals surface area contributed by atoms with E-state index in [-0.39, 0.29) is 0 Å². The van der Waals surface area contributed by atoms with Crippen molar-refractivity contribution in [3.05, 3.63) is 145 Å². The highest BCUT2D eigenvalue weighted by Crippen LogP contribution is 2.38. The first-order chi connectivity index (χ1) is 20.7. The predicted molar refractivity (Wildman–Crippen MR) is 178 cm³/mol. The van der Waals surface area contributed by atoms with Crippen molar-refractivity contribution in [2.45, 2.75) is 13.8 Å². The van der Waals surface area contributed by atoms with Crippen LogP contribution in [0.4, 0.5) is 0 Å². The van der Waals surface area contributed by atoms with Crippen LogP contribution in [0.5, 0.6) is 0 Å². The predicted octanol–water partition coefficient (Wildman–Crippen LogP) is 10.7. The van der Waals surface area contributed by atoms with Crippen LogP contribution in [-0.4, -0.2) is 9.97 Å². The van der Waals surface area contributed by atoms with Crippen molar-refractivity contribution >= 4 is 43.4 Å². The van der Waals surface area contributed by atoms with E-state index < -0.39 is 0 Å². The molecule has 2 heterocycles. The summed E-state index contributed by atoms with van der Waals surface area (Å²) >= 11 is 0. The number of hydrogen-bond acceptors (Lipinski definition) is 2. The SMILES string of the molecule is Cc1c(C)c2ccc(-c3ccc(-c4cccc5c(-c6cccc7ccccc67)cccc45)cc3)nc2c2ncccc12. The molecular formula is C40H28N2. The van der Waals surface area contributed by atoms with E-state index in [0.29, 0.717) is 0 Å². The quantitative estimate of drug-likeness (QED) is 0.210. The van der Waals surface area contributed by atoms with Gasteiger partial charge in [-0.2, -0.15) is 0 Å². The van der Waals surface area contributed by atoms with Gasteiger partial charge in [0.1, 0.15) is 0 Å². The minimum Gasteiger partial charge on any atom is -0.254 e. The number of fused-ring (bicyclic) bond motifs is 5. The lowest BCUT2D eigenvalue weighted by molar-refractivity contribution is 1.33. The summed E-state index contributed by atoms with van der Waals surface area (Å²) in [4.78, 5) is 9.85. The maximum absolute atomic E-state index is 5.14. The second kappa shape index (κ2) is 9.64. The number of aromatic nitrogens is 2. The highest BCUT2D eigenvalue weighted by atomic mass is 14.8. The molecule has 0 radical (unpaired) electrons. The van der Waals surface area contributed by atoms with Gasteiger partial charge in [0.25, 0.3) is 0 Å². The van der Waals surface area contributed by atoms with E-state index in [1.807, 2.05) is 12.3 Å². The summed E-state index contributed by atoms with van der Waals surface area (Å²) in [5.41, 5.74) is 11.5. The average Bonchev–Trinajstić information content (AvgIpc) is 3.06. The van der Waals surface area contributed by atoms with Crippen molar-refractivity contribution in [2.24, 2.45) is 0 Å². The van der Waals surface area contributed by atoms with Gasteiger partial charge in [0.2, 0.25) is 0 Å². The van der Waals surface area contributed by atoms with Crippen molar-refractivity contribution in [3.8, 4) is 33.5 Å². The zero-order chi connectivity index (χ0) is 28.2. The topological polar surface area (TPSA) is 25.8 Å². The molecule has 0 aliphatic rings. The number of aryl methyl sites for hydroxylation is 2. The molecule has 0 spiro atoms. The lowest BCUT2D eigenvalue weighted by atomic mass is 9.90. The Morgan fingerprint density at radius 2 is 0.976 bits per heavy atom. The first-order valence-corrected chi connectivity index (χ1v) is 14.4. The maximum Gasteiger partial charge on any atom is 0.0974 e. The van der Waals surface area contributed by atoms with Crippen LogP contribution in [0.3, 0.4) is 0 Å². The molecule has 2 nitrogen and oxygen atoms in total. The number of pyridine rings is 2. The summed E-state index contributed by atoms with van der Waals surface area (Å²) < 4.78 is 0. The molecule has 42 heavy (non-hydrogen) atoms. The van der Waals surface area contributed by atoms with E-state index in [0.717, 1.165) is 27.7 Å². The van der Waals surface area contributed by atoms with E-state index >= 15 is 0 Å². The second-order valence-electron chi connectivity index (χ2n) is 11.1. The van der Waals surface area contributed by atoms with Gasteiger partial charge in [-0.1, -0.05) is 115 Å². The third kappa shape index (κ3) is 3.80. The fraction of sp³-hybridized carbons (Fsp3) is 0.0500. The first-order valence-electron chi connectivity index (χ1n) is 14.4. The normalized spacial score (nSPS) is 11.6. The monoisotopic (exact) mass is 536 g/mol. The molecule has 2 heteroatoms. The van der Waals surface area contributed by atoms with Crippen molar-refractivity contribution in [1.29, 1.82) is 0 Å². The Labute approximate surface area is 244 Å². The molecule has 0 atom stereocenters. The summed E-state index contributed by atoms with van der Waals surface area (Å²) in [6.07, 6.45) is 1.86. The maximum atomic E-state index is 5.14. The standard InChI is InChI=1S/C40H28N2/c1-25-26(2)31-22-23-38(42-40(31)39-30(25)17-8-24-41-39)29-20-18-28(19-21-29)33-12-6-15-36-35(33)14-7-16-37(36)34-13-5-10-27-9-3-4-11-32(27)34/h3-24H,1-2H3. The second-order valence-corrected chi connectivity index (χ2v) is 11.1. The van der Waals surface area contributed by atoms with E-state index in [1.165, 1.54) is 60.3 Å². The van der Waals surface area contributed by atoms with Gasteiger partial charge in [-0.3, -0.25) is 4.98 Å². The highest BCUT2D eigenvalue weighted by Gasteiger charge is 2.14. The third-order valence-corrected chi connectivity index (χ3v) is 8.79. The van der Waals surface area contributed by atoms with Gasteiger partial charge in [-0.25, -0.2) is 4.98 Å². The van der Waals surface area contributed by atoms with Gasteiger partial charge >= 0.3 is 0 Å². The van der Waals surface area contributed by atoms with Crippen molar-refractivity contribution in [2.75, 3.05) is 0 Å². The third-order valence-electron chi connectivity index (χ3n) is 8.79. The molecule has 0 bridgehead atoms. The average molecular weight is 537 g/mol. The van der Waals surface area contributed by atoms with E-state index in [9.17, 15) is 0 Å². The first kappa shape index (κ1) is 24.5. The van der Waals surface area contributed by atoms with Crippen LogP contribution >= 0.6 is 0 Å². The fourth-order valence-corrected chi connectivity index (χ4v) is 6.48. The molecule has 6 aromatic carbocycles. The molecule has 0 aliphatic heterocycles. The molecule has 8 aromatic rings. The van der Waals surface area contributed by atoms with Gasteiger partial charge in [0.15, 0.2) is 0 Å². The summed E-state index contributed by atoms with van der Waals surface area (Å²) in [6.45, 7) is 4.35. The summed E-state index contributed by atoms with van der Waals surface area (Å²) in [7, 11) is 0. The lowest BCUT2D eigenvalue weighted by Crippen LogP contribution is -1.94. The molecule has 0 aliphatic carbocycles. The van der Waals surface area contributed by atoms with E-state index in [4.69, 9.17) is 9.97 Å². The van der Waals surface area contributed by atoms with Gasteiger partial charge < -0.3 is 0 Å². The Kier molecular flexibility index (Phi) is 5.61. The molecular weight excluding hydrogens is 508 g/mol. The Hall–Kier alpha value is -5.34. The number of benzene rings is 6. The number of hydrogen-bond donors (Lipinski definition) is 0. The number of nitrogens with zero attached hydrogens (tertiary/aromatic N) is 2.